The van der Waals surface area contributed by atoms with Gasteiger partial charge in [0.15, 0.2) is 17.5 Å². The average Bonchev–Trinajstić information content (AvgIpc) is 2.77. The molecule has 5 N–H and O–H groups in total. The first-order valence-electron chi connectivity index (χ1n) is 8.79. The molecule has 31 heavy (non-hydrogen) atoms. The number of hydrogen-bond donors (Lipinski definition) is 4. The average molecular weight is 425 g/mol. The summed E-state index contributed by atoms with van der Waals surface area (Å²) in [6.45, 7) is 0. The van der Waals surface area contributed by atoms with Crippen LogP contribution in [-0.4, -0.2) is 24.0 Å². The van der Waals surface area contributed by atoms with Gasteiger partial charge in [-0.15, -0.1) is 5.10 Å². The van der Waals surface area contributed by atoms with Crippen molar-refractivity contribution in [1.29, 1.82) is 5.53 Å². The van der Waals surface area contributed by atoms with Gasteiger partial charge < -0.3 is 15.8 Å². The van der Waals surface area contributed by atoms with Gasteiger partial charge in [-0.05, 0) is 35.9 Å². The van der Waals surface area contributed by atoms with Gasteiger partial charge in [-0.1, -0.05) is 23.4 Å². The largest absolute Gasteiger partial charge is 0.453 e. The highest BCUT2D eigenvalue weighted by Gasteiger charge is 2.15. The highest BCUT2D eigenvalue weighted by atomic mass is 19.2. The van der Waals surface area contributed by atoms with Crippen molar-refractivity contribution >= 4 is 29.1 Å². The van der Waals surface area contributed by atoms with E-state index in [0.29, 0.717) is 11.3 Å². The molecule has 0 aliphatic rings. The number of amides is 1. The molecule has 0 aliphatic carbocycles. The van der Waals surface area contributed by atoms with Gasteiger partial charge in [0.05, 0.1) is 18.4 Å². The molecule has 0 saturated heterocycles. The maximum atomic E-state index is 14.1. The first-order chi connectivity index (χ1) is 14.9. The molecule has 0 fully saturated rings. The van der Waals surface area contributed by atoms with Crippen molar-refractivity contribution in [2.24, 2.45) is 10.3 Å². The molecule has 0 saturated carbocycles. The van der Waals surface area contributed by atoms with Crippen LogP contribution in [0, 0.1) is 17.2 Å². The number of hydrogen-bond acceptors (Lipinski definition) is 6. The van der Waals surface area contributed by atoms with Gasteiger partial charge in [0.25, 0.3) is 0 Å². The Morgan fingerprint density at radius 2 is 1.87 bits per heavy atom. The Morgan fingerprint density at radius 1 is 1.13 bits per heavy atom. The Morgan fingerprint density at radius 3 is 2.55 bits per heavy atom. The smallest absolute Gasteiger partial charge is 0.411 e. The normalized spacial score (nSPS) is 11.0. The van der Waals surface area contributed by atoms with Crippen molar-refractivity contribution in [3.8, 4) is 11.1 Å². The van der Waals surface area contributed by atoms with Crippen molar-refractivity contribution < 1.29 is 18.3 Å². The summed E-state index contributed by atoms with van der Waals surface area (Å²) in [7, 11) is 1.26. The second-order valence-electron chi connectivity index (χ2n) is 6.13. The summed E-state index contributed by atoms with van der Waals surface area (Å²) in [6.07, 6.45) is 0.916. The van der Waals surface area contributed by atoms with E-state index in [9.17, 15) is 13.6 Å². The number of halogens is 2. The summed E-state index contributed by atoms with van der Waals surface area (Å²) in [6, 6.07) is 12.0. The highest BCUT2D eigenvalue weighted by Crippen LogP contribution is 2.25. The zero-order chi connectivity index (χ0) is 22.4. The van der Waals surface area contributed by atoms with Gasteiger partial charge in [-0.25, -0.2) is 18.6 Å². The van der Waals surface area contributed by atoms with E-state index in [-0.39, 0.29) is 22.9 Å². The summed E-state index contributed by atoms with van der Waals surface area (Å²) in [5.41, 5.74) is 14.9. The number of nitrogens with two attached hydrogens (primary N) is 1. The first kappa shape index (κ1) is 21.3. The standard InChI is InChI=1S/C20H17F2N7O2/c1-31-20(30)26-13-7-5-11(6-8-13)12-9-14(18(23)25-10-12)19(28-29-24)27-16-4-2-3-15(21)17(16)22/h2-10H,1H3,(H2,23,25)(H,26,30)(H2,24,27,28). The van der Waals surface area contributed by atoms with E-state index in [1.165, 1.54) is 25.4 Å². The fourth-order valence-corrected chi connectivity index (χ4v) is 2.66. The molecular weight excluding hydrogens is 408 g/mol. The number of aromatic nitrogens is 1. The minimum Gasteiger partial charge on any atom is -0.453 e. The zero-order valence-electron chi connectivity index (χ0n) is 16.2. The zero-order valence-corrected chi connectivity index (χ0v) is 16.2. The number of anilines is 3. The molecule has 0 unspecified atom stereocenters. The summed E-state index contributed by atoms with van der Waals surface area (Å²) < 4.78 is 32.1. The number of nitrogens with one attached hydrogen (secondary N) is 3. The van der Waals surface area contributed by atoms with Gasteiger partial charge in [0.2, 0.25) is 0 Å². The van der Waals surface area contributed by atoms with Crippen LogP contribution >= 0.6 is 0 Å². The van der Waals surface area contributed by atoms with Crippen molar-refractivity contribution in [2.75, 3.05) is 23.5 Å². The Bertz CT molecular complexity index is 1150. The molecule has 0 spiro atoms. The molecule has 3 aromatic rings. The lowest BCUT2D eigenvalue weighted by atomic mass is 10.0. The van der Waals surface area contributed by atoms with Gasteiger partial charge in [0, 0.05) is 17.4 Å². The van der Waals surface area contributed by atoms with Crippen LogP contribution in [0.3, 0.4) is 0 Å². The van der Waals surface area contributed by atoms with Gasteiger partial charge in [-0.3, -0.25) is 5.32 Å². The van der Waals surface area contributed by atoms with Crippen molar-refractivity contribution in [1.82, 2.24) is 4.98 Å². The third-order valence-electron chi connectivity index (χ3n) is 4.18. The SMILES string of the molecule is COC(=O)Nc1ccc(-c2cnc(N)c(/C(=N/N=N)Nc3cccc(F)c3F)c2)cc1. The Hall–Kier alpha value is -4.41. The monoisotopic (exact) mass is 425 g/mol. The van der Waals surface area contributed by atoms with Crippen LogP contribution in [-0.2, 0) is 4.74 Å². The van der Waals surface area contributed by atoms with E-state index in [2.05, 4.69) is 30.7 Å². The van der Waals surface area contributed by atoms with E-state index in [4.69, 9.17) is 11.3 Å². The number of nitrogens with zero attached hydrogens (tertiary/aromatic N) is 3. The number of benzene rings is 2. The lowest BCUT2D eigenvalue weighted by molar-refractivity contribution is 0.187. The van der Waals surface area contributed by atoms with Crippen LogP contribution in [0.2, 0.25) is 0 Å². The van der Waals surface area contributed by atoms with E-state index in [1.54, 1.807) is 30.3 Å². The minimum atomic E-state index is -1.11. The lowest BCUT2D eigenvalue weighted by Gasteiger charge is -2.13. The minimum absolute atomic E-state index is 0.0411. The van der Waals surface area contributed by atoms with Crippen molar-refractivity contribution in [3.63, 3.8) is 0 Å². The van der Waals surface area contributed by atoms with Crippen LogP contribution in [0.1, 0.15) is 5.56 Å². The van der Waals surface area contributed by atoms with E-state index < -0.39 is 17.7 Å². The van der Waals surface area contributed by atoms with Crippen LogP contribution < -0.4 is 16.4 Å². The number of rotatable bonds is 5. The lowest BCUT2D eigenvalue weighted by Crippen LogP contribution is -2.17. The number of pyridine rings is 1. The molecule has 0 bridgehead atoms. The van der Waals surface area contributed by atoms with Crippen molar-refractivity contribution in [2.45, 2.75) is 0 Å². The van der Waals surface area contributed by atoms with Crippen LogP contribution in [0.25, 0.3) is 11.1 Å². The van der Waals surface area contributed by atoms with Gasteiger partial charge in [-0.2, -0.15) is 5.53 Å². The molecule has 11 heteroatoms. The molecule has 3 rings (SSSR count). The predicted molar refractivity (Wildman–Crippen MR) is 112 cm³/mol. The van der Waals surface area contributed by atoms with E-state index in [1.807, 2.05) is 0 Å². The fourth-order valence-electron chi connectivity index (χ4n) is 2.66. The maximum absolute atomic E-state index is 14.1. The molecule has 1 amide bonds. The molecule has 1 aromatic heterocycles. The molecule has 0 atom stereocenters. The Balaban J connectivity index is 1.95. The number of ether oxygens (including phenoxy) is 1. The summed E-state index contributed by atoms with van der Waals surface area (Å²) >= 11 is 0. The number of carbonyl (C=O) groups excluding carboxylic acids is 1. The number of amidine groups is 1. The molecule has 9 nitrogen and oxygen atoms in total. The number of carbonyl (C=O) groups is 1. The van der Waals surface area contributed by atoms with Crippen LogP contribution in [0.15, 0.2) is 65.1 Å². The third kappa shape index (κ3) is 4.96. The molecule has 1 heterocycles. The maximum Gasteiger partial charge on any atom is 0.411 e. The molecule has 0 aliphatic heterocycles. The van der Waals surface area contributed by atoms with E-state index in [0.717, 1.165) is 11.6 Å². The van der Waals surface area contributed by atoms with Crippen molar-refractivity contribution in [3.05, 3.63) is 71.9 Å². The van der Waals surface area contributed by atoms with E-state index >= 15 is 0 Å². The second-order valence-corrected chi connectivity index (χ2v) is 6.13. The molecular formula is C20H17F2N7O2. The molecule has 2 aromatic carbocycles. The second kappa shape index (κ2) is 9.39. The molecule has 158 valence electrons. The van der Waals surface area contributed by atoms with Crippen LogP contribution in [0.5, 0.6) is 0 Å². The summed E-state index contributed by atoms with van der Waals surface area (Å²) in [4.78, 5) is 15.4. The van der Waals surface area contributed by atoms with Crippen LogP contribution in [0.4, 0.5) is 30.8 Å². The predicted octanol–water partition coefficient (Wildman–Crippen LogP) is 4.59. The van der Waals surface area contributed by atoms with Gasteiger partial charge >= 0.3 is 6.09 Å². The molecule has 0 radical (unpaired) electrons. The third-order valence-corrected chi connectivity index (χ3v) is 4.18. The summed E-state index contributed by atoms with van der Waals surface area (Å²) in [5, 5.41) is 11.8. The number of methoxy groups -OCH3 is 1. The number of nitrogen functional groups attached to an aromatic ring is 1. The topological polar surface area (TPSA) is 138 Å². The Kier molecular flexibility index (Phi) is 6.45. The highest BCUT2D eigenvalue weighted by molar-refractivity contribution is 6.11. The quantitative estimate of drug-likeness (QED) is 0.205. The van der Waals surface area contributed by atoms with Gasteiger partial charge in [0.1, 0.15) is 5.82 Å². The summed E-state index contributed by atoms with van der Waals surface area (Å²) in [5.74, 6) is -2.21. The Labute approximate surface area is 175 Å². The first-order valence-corrected chi connectivity index (χ1v) is 8.79. The fraction of sp³-hybridized carbons (Fsp3) is 0.0500.